The first-order valence-corrected chi connectivity index (χ1v) is 17.5. The monoisotopic (exact) mass is 724 g/mol. The second-order valence-electron chi connectivity index (χ2n) is 11.1. The van der Waals surface area contributed by atoms with E-state index >= 15 is 0 Å². The number of nitrogens with zero attached hydrogens (tertiary/aromatic N) is 1. The molecule has 13 heteroatoms. The summed E-state index contributed by atoms with van der Waals surface area (Å²) in [6.07, 6.45) is 4.77. The van der Waals surface area contributed by atoms with Crippen molar-refractivity contribution in [1.29, 1.82) is 0 Å². The van der Waals surface area contributed by atoms with E-state index in [1.165, 1.54) is 10.5 Å². The number of carbonyl (C=O) groups is 4. The van der Waals surface area contributed by atoms with Crippen molar-refractivity contribution in [3.05, 3.63) is 59.7 Å². The van der Waals surface area contributed by atoms with E-state index in [4.69, 9.17) is 25.8 Å². The van der Waals surface area contributed by atoms with Crippen LogP contribution in [-0.4, -0.2) is 90.9 Å². The Labute approximate surface area is 302 Å². The van der Waals surface area contributed by atoms with Gasteiger partial charge in [0, 0.05) is 19.6 Å². The van der Waals surface area contributed by atoms with Crippen molar-refractivity contribution in [2.45, 2.75) is 97.9 Å². The fourth-order valence-electron chi connectivity index (χ4n) is 4.14. The summed E-state index contributed by atoms with van der Waals surface area (Å²) in [7, 11) is 3.26. The van der Waals surface area contributed by atoms with E-state index in [1.54, 1.807) is 21.1 Å². The number of hydrogen-bond donors (Lipinski definition) is 3. The van der Waals surface area contributed by atoms with E-state index < -0.39 is 23.1 Å². The van der Waals surface area contributed by atoms with Gasteiger partial charge in [0.05, 0.1) is 39.6 Å². The second-order valence-corrected chi connectivity index (χ2v) is 11.5. The largest absolute Gasteiger partial charge is 0.497 e. The fourth-order valence-corrected chi connectivity index (χ4v) is 4.20. The van der Waals surface area contributed by atoms with E-state index in [9.17, 15) is 29.4 Å². The third kappa shape index (κ3) is 22.1. The van der Waals surface area contributed by atoms with Crippen molar-refractivity contribution >= 4 is 34.7 Å². The molecule has 0 radical (unpaired) electrons. The van der Waals surface area contributed by atoms with Crippen LogP contribution in [0.4, 0.5) is 0 Å². The molecular formula is C37H57ClN2O10. The first kappa shape index (κ1) is 46.3. The summed E-state index contributed by atoms with van der Waals surface area (Å²) < 4.78 is 19.4. The van der Waals surface area contributed by atoms with Gasteiger partial charge in [-0.3, -0.25) is 9.59 Å². The van der Waals surface area contributed by atoms with Gasteiger partial charge in [-0.15, -0.1) is 0 Å². The maximum atomic E-state index is 12.4. The molecule has 2 aromatic rings. The summed E-state index contributed by atoms with van der Waals surface area (Å²) >= 11 is 4.69. The number of hydrogen-bond acceptors (Lipinski definition) is 11. The van der Waals surface area contributed by atoms with Gasteiger partial charge >= 0.3 is 23.1 Å². The average Bonchev–Trinajstić information content (AvgIpc) is 3.13. The minimum absolute atomic E-state index is 0.141. The molecule has 1 amide bonds. The van der Waals surface area contributed by atoms with Crippen molar-refractivity contribution in [3.63, 3.8) is 0 Å². The lowest BCUT2D eigenvalue weighted by Crippen LogP contribution is -2.38. The molecular weight excluding hydrogens is 668 g/mol. The lowest BCUT2D eigenvalue weighted by molar-refractivity contribution is -0.160. The van der Waals surface area contributed by atoms with Crippen LogP contribution in [0.3, 0.4) is 0 Å². The number of rotatable bonds is 20. The molecule has 2 aromatic carbocycles. The van der Waals surface area contributed by atoms with Crippen LogP contribution in [0.5, 0.6) is 11.5 Å². The second kappa shape index (κ2) is 29.1. The number of methoxy groups -OCH3 is 2. The van der Waals surface area contributed by atoms with E-state index in [2.05, 4.69) is 22.2 Å². The molecule has 0 aliphatic carbocycles. The number of benzene rings is 2. The molecule has 0 fully saturated rings. The molecule has 0 aromatic heterocycles. The topological polar surface area (TPSA) is 161 Å². The summed E-state index contributed by atoms with van der Waals surface area (Å²) in [5, 5.41) is 21.4. The van der Waals surface area contributed by atoms with E-state index in [0.717, 1.165) is 49.4 Å². The highest BCUT2D eigenvalue weighted by Crippen LogP contribution is 2.15. The molecule has 3 N–H and O–H groups in total. The quantitative estimate of drug-likeness (QED) is 0.0715. The average molecular weight is 725 g/mol. The van der Waals surface area contributed by atoms with Crippen LogP contribution in [0.15, 0.2) is 48.5 Å². The molecule has 0 aliphatic rings. The van der Waals surface area contributed by atoms with Crippen molar-refractivity contribution in [2.24, 2.45) is 0 Å². The summed E-state index contributed by atoms with van der Waals surface area (Å²) in [5.41, 5.74) is 2.15. The SMILES string of the molecule is CCC(O)CCCNCc1ccc(OC)cc1.CCCOC(=O)C(=O)N(CCCC(O)CC)Cc1ccc(OC)cc1.CCOC(=O)C(=O)Cl. The molecule has 0 aliphatic heterocycles. The van der Waals surface area contributed by atoms with Gasteiger partial charge in [0.2, 0.25) is 0 Å². The number of amides is 1. The van der Waals surface area contributed by atoms with E-state index in [-0.39, 0.29) is 25.4 Å². The number of carbonyl (C=O) groups excluding carboxylic acids is 4. The first-order valence-electron chi connectivity index (χ1n) is 17.1. The van der Waals surface area contributed by atoms with Gasteiger partial charge in [-0.25, -0.2) is 9.59 Å². The van der Waals surface area contributed by atoms with Crippen molar-refractivity contribution in [3.8, 4) is 11.5 Å². The number of nitrogens with one attached hydrogen (secondary N) is 1. The molecule has 2 unspecified atom stereocenters. The maximum Gasteiger partial charge on any atom is 0.397 e. The maximum absolute atomic E-state index is 12.4. The van der Waals surface area contributed by atoms with Crippen LogP contribution in [0.2, 0.25) is 0 Å². The van der Waals surface area contributed by atoms with Gasteiger partial charge < -0.3 is 39.4 Å². The van der Waals surface area contributed by atoms with Gasteiger partial charge in [0.25, 0.3) is 0 Å². The molecule has 0 bridgehead atoms. The third-order valence-electron chi connectivity index (χ3n) is 7.15. The Bertz CT molecular complexity index is 1210. The number of ether oxygens (including phenoxy) is 4. The zero-order valence-electron chi connectivity index (χ0n) is 30.5. The van der Waals surface area contributed by atoms with E-state index in [0.29, 0.717) is 38.8 Å². The van der Waals surface area contributed by atoms with Gasteiger partial charge in [-0.05, 0) is 105 Å². The van der Waals surface area contributed by atoms with Crippen LogP contribution in [0.25, 0.3) is 0 Å². The zero-order chi connectivity index (χ0) is 37.7. The van der Waals surface area contributed by atoms with Crippen molar-refractivity contribution < 1.29 is 48.3 Å². The Hall–Kier alpha value is -3.71. The van der Waals surface area contributed by atoms with E-state index in [1.807, 2.05) is 57.2 Å². The summed E-state index contributed by atoms with van der Waals surface area (Å²) in [6.45, 7) is 10.3. The summed E-state index contributed by atoms with van der Waals surface area (Å²) in [5.74, 6) is -0.842. The Balaban J connectivity index is 0.000000824. The predicted molar refractivity (Wildman–Crippen MR) is 193 cm³/mol. The van der Waals surface area contributed by atoms with Crippen LogP contribution in [-0.2, 0) is 41.7 Å². The first-order chi connectivity index (χ1) is 23.9. The Morgan fingerprint density at radius 2 is 1.28 bits per heavy atom. The molecule has 0 spiro atoms. The van der Waals surface area contributed by atoms with Gasteiger partial charge in [-0.2, -0.15) is 0 Å². The Kier molecular flexibility index (Phi) is 26.9. The van der Waals surface area contributed by atoms with Gasteiger partial charge in [0.1, 0.15) is 11.5 Å². The predicted octanol–water partition coefficient (Wildman–Crippen LogP) is 5.18. The zero-order valence-corrected chi connectivity index (χ0v) is 31.2. The van der Waals surface area contributed by atoms with Crippen molar-refractivity contribution in [1.82, 2.24) is 10.2 Å². The highest BCUT2D eigenvalue weighted by atomic mass is 35.5. The number of aliphatic hydroxyl groups excluding tert-OH is 2. The number of esters is 2. The molecule has 2 rings (SSSR count). The Morgan fingerprint density at radius 3 is 1.72 bits per heavy atom. The highest BCUT2D eigenvalue weighted by Gasteiger charge is 2.23. The molecule has 0 heterocycles. The van der Waals surface area contributed by atoms with Crippen LogP contribution in [0.1, 0.15) is 83.8 Å². The minimum atomic E-state index is -1.08. The molecule has 0 saturated carbocycles. The molecule has 0 saturated heterocycles. The van der Waals surface area contributed by atoms with Crippen LogP contribution < -0.4 is 14.8 Å². The molecule has 2 atom stereocenters. The Morgan fingerprint density at radius 1 is 0.760 bits per heavy atom. The lowest BCUT2D eigenvalue weighted by Gasteiger charge is -2.22. The fraction of sp³-hybridized carbons (Fsp3) is 0.568. The van der Waals surface area contributed by atoms with Gasteiger partial charge in [-0.1, -0.05) is 45.0 Å². The van der Waals surface area contributed by atoms with Crippen LogP contribution >= 0.6 is 11.6 Å². The van der Waals surface area contributed by atoms with Crippen molar-refractivity contribution in [2.75, 3.05) is 40.5 Å². The number of halogens is 1. The molecule has 282 valence electrons. The highest BCUT2D eigenvalue weighted by molar-refractivity contribution is 6.80. The smallest absolute Gasteiger partial charge is 0.397 e. The molecule has 12 nitrogen and oxygen atoms in total. The molecule has 50 heavy (non-hydrogen) atoms. The van der Waals surface area contributed by atoms with Crippen LogP contribution in [0, 0.1) is 0 Å². The third-order valence-corrected chi connectivity index (χ3v) is 7.31. The minimum Gasteiger partial charge on any atom is -0.497 e. The standard InChI is InChI=1S/C19H29NO5.C14H23NO2.C4H5ClO3/c1-4-13-25-19(23)18(22)20(12-6-7-16(21)5-2)14-15-8-10-17(24-3)11-9-15;1-3-13(16)5-4-10-15-11-12-6-8-14(17-2)9-7-12;1-2-8-4(7)3(5)6/h8-11,16,21H,4-7,12-14H2,1-3H3;6-9,13,15-16H,3-5,10-11H2,1-2H3;2H2,1H3. The summed E-state index contributed by atoms with van der Waals surface area (Å²) in [4.78, 5) is 45.6. The number of aliphatic hydroxyl groups is 2. The van der Waals surface area contributed by atoms with Gasteiger partial charge in [0.15, 0.2) is 0 Å². The summed E-state index contributed by atoms with van der Waals surface area (Å²) in [6, 6.07) is 15.4. The lowest BCUT2D eigenvalue weighted by atomic mass is 10.1. The normalized spacial score (nSPS) is 11.4.